The lowest BCUT2D eigenvalue weighted by Gasteiger charge is -2.30. The number of benzene rings is 3. The molecule has 0 saturated heterocycles. The van der Waals surface area contributed by atoms with Crippen LogP contribution in [0.3, 0.4) is 0 Å². The molecule has 2 amide bonds. The number of nitrogens with one attached hydrogen (secondary N) is 1. The molecule has 0 radical (unpaired) electrons. The van der Waals surface area contributed by atoms with E-state index >= 15 is 0 Å². The van der Waals surface area contributed by atoms with Crippen LogP contribution >= 0.6 is 0 Å². The van der Waals surface area contributed by atoms with Gasteiger partial charge in [0, 0.05) is 6.42 Å². The SMILES string of the molecule is Nc1ccccc1NC(=O)N1CCOc2cc(-c3ccc(C4CCC(CC(=O)O)CC4)cc3)ccc21. The van der Waals surface area contributed by atoms with Gasteiger partial charge in [0.1, 0.15) is 12.4 Å². The molecule has 0 bridgehead atoms. The molecule has 0 unspecified atom stereocenters. The molecule has 0 atom stereocenters. The number of carbonyl (C=O) groups excluding carboxylic acids is 1. The van der Waals surface area contributed by atoms with Crippen molar-refractivity contribution in [1.29, 1.82) is 0 Å². The third-order valence-corrected chi connectivity index (χ3v) is 7.30. The van der Waals surface area contributed by atoms with Crippen LogP contribution in [0.25, 0.3) is 11.1 Å². The van der Waals surface area contributed by atoms with E-state index in [-0.39, 0.29) is 12.5 Å². The zero-order chi connectivity index (χ0) is 25.1. The number of amides is 2. The summed E-state index contributed by atoms with van der Waals surface area (Å²) in [6, 6.07) is 21.5. The molecule has 3 aromatic carbocycles. The molecule has 186 valence electrons. The minimum atomic E-state index is -0.693. The summed E-state index contributed by atoms with van der Waals surface area (Å²) < 4.78 is 5.91. The highest BCUT2D eigenvalue weighted by Crippen LogP contribution is 2.39. The number of carboxylic acid groups (broad SMARTS) is 1. The second kappa shape index (κ2) is 10.3. The summed E-state index contributed by atoms with van der Waals surface area (Å²) in [7, 11) is 0. The molecule has 7 nitrogen and oxygen atoms in total. The number of urea groups is 1. The Labute approximate surface area is 210 Å². The maximum atomic E-state index is 13.0. The third kappa shape index (κ3) is 5.15. The lowest BCUT2D eigenvalue weighted by molar-refractivity contribution is -0.138. The van der Waals surface area contributed by atoms with E-state index in [1.807, 2.05) is 30.3 Å². The highest BCUT2D eigenvalue weighted by Gasteiger charge is 2.26. The number of aliphatic carboxylic acids is 1. The van der Waals surface area contributed by atoms with Gasteiger partial charge in [-0.05, 0) is 78.5 Å². The summed E-state index contributed by atoms with van der Waals surface area (Å²) in [5.74, 6) is 0.777. The molecule has 1 aliphatic heterocycles. The maximum absolute atomic E-state index is 13.0. The van der Waals surface area contributed by atoms with Crippen molar-refractivity contribution < 1.29 is 19.4 Å². The molecule has 36 heavy (non-hydrogen) atoms. The van der Waals surface area contributed by atoms with E-state index in [1.165, 1.54) is 5.56 Å². The molecule has 1 heterocycles. The second-order valence-electron chi connectivity index (χ2n) is 9.64. The maximum Gasteiger partial charge on any atom is 0.326 e. The summed E-state index contributed by atoms with van der Waals surface area (Å²) in [6.07, 6.45) is 4.31. The van der Waals surface area contributed by atoms with Gasteiger partial charge < -0.3 is 20.9 Å². The normalized spacial score (nSPS) is 19.2. The van der Waals surface area contributed by atoms with Gasteiger partial charge in [-0.15, -0.1) is 0 Å². The van der Waals surface area contributed by atoms with E-state index in [1.54, 1.807) is 17.0 Å². The number of nitrogens with two attached hydrogens (primary N) is 1. The first kappa shape index (κ1) is 23.7. The van der Waals surface area contributed by atoms with Crippen molar-refractivity contribution in [3.8, 4) is 16.9 Å². The average Bonchev–Trinajstić information content (AvgIpc) is 2.89. The van der Waals surface area contributed by atoms with Gasteiger partial charge in [0.15, 0.2) is 0 Å². The standard InChI is InChI=1S/C29H31N3O4/c30-24-3-1-2-4-25(24)31-29(35)32-15-16-36-27-18-23(13-14-26(27)32)22-11-9-21(10-12-22)20-7-5-19(6-8-20)17-28(33)34/h1-4,9-14,18-20H,5-8,15-17,30H2,(H,31,35)(H,33,34). The first-order valence-electron chi connectivity index (χ1n) is 12.5. The van der Waals surface area contributed by atoms with Crippen LogP contribution in [-0.2, 0) is 4.79 Å². The number of rotatable bonds is 5. The Bertz CT molecular complexity index is 1250. The average molecular weight is 486 g/mol. The molecule has 3 aromatic rings. The van der Waals surface area contributed by atoms with Crippen LogP contribution < -0.4 is 20.7 Å². The number of carbonyl (C=O) groups is 2. The lowest BCUT2D eigenvalue weighted by atomic mass is 9.77. The monoisotopic (exact) mass is 485 g/mol. The Balaban J connectivity index is 1.27. The number of anilines is 3. The van der Waals surface area contributed by atoms with Crippen LogP contribution in [0.5, 0.6) is 5.75 Å². The number of ether oxygens (including phenoxy) is 1. The Morgan fingerprint density at radius 3 is 2.42 bits per heavy atom. The van der Waals surface area contributed by atoms with E-state index in [2.05, 4.69) is 29.6 Å². The molecule has 1 fully saturated rings. The van der Waals surface area contributed by atoms with Crippen LogP contribution in [-0.4, -0.2) is 30.3 Å². The summed E-state index contributed by atoms with van der Waals surface area (Å²) in [6.45, 7) is 0.867. The molecule has 1 aliphatic carbocycles. The van der Waals surface area contributed by atoms with Gasteiger partial charge in [-0.3, -0.25) is 9.69 Å². The Hall–Kier alpha value is -4.00. The summed E-state index contributed by atoms with van der Waals surface area (Å²) in [5, 5.41) is 11.9. The Morgan fingerprint density at radius 2 is 1.69 bits per heavy atom. The minimum absolute atomic E-state index is 0.243. The number of nitrogens with zero attached hydrogens (tertiary/aromatic N) is 1. The van der Waals surface area contributed by atoms with Crippen molar-refractivity contribution >= 4 is 29.1 Å². The fourth-order valence-corrected chi connectivity index (χ4v) is 5.30. The van der Waals surface area contributed by atoms with Gasteiger partial charge in [0.25, 0.3) is 0 Å². The second-order valence-corrected chi connectivity index (χ2v) is 9.64. The number of para-hydroxylation sites is 2. The topological polar surface area (TPSA) is 105 Å². The van der Waals surface area contributed by atoms with E-state index < -0.39 is 5.97 Å². The van der Waals surface area contributed by atoms with Crippen LogP contribution in [0.2, 0.25) is 0 Å². The number of hydrogen-bond acceptors (Lipinski definition) is 4. The largest absolute Gasteiger partial charge is 0.490 e. The highest BCUT2D eigenvalue weighted by atomic mass is 16.5. The van der Waals surface area contributed by atoms with E-state index in [0.29, 0.717) is 42.1 Å². The molecular formula is C29H31N3O4. The van der Waals surface area contributed by atoms with E-state index in [4.69, 9.17) is 15.6 Å². The molecule has 4 N–H and O–H groups in total. The zero-order valence-corrected chi connectivity index (χ0v) is 20.2. The zero-order valence-electron chi connectivity index (χ0n) is 20.2. The number of hydrogen-bond donors (Lipinski definition) is 3. The van der Waals surface area contributed by atoms with Crippen LogP contribution in [0.4, 0.5) is 21.9 Å². The molecule has 7 heteroatoms. The molecular weight excluding hydrogens is 454 g/mol. The quantitative estimate of drug-likeness (QED) is 0.378. The van der Waals surface area contributed by atoms with Gasteiger partial charge in [0.05, 0.1) is 23.6 Å². The van der Waals surface area contributed by atoms with Gasteiger partial charge in [-0.1, -0.05) is 42.5 Å². The number of carboxylic acids is 1. The smallest absolute Gasteiger partial charge is 0.326 e. The fourth-order valence-electron chi connectivity index (χ4n) is 5.30. The molecule has 1 saturated carbocycles. The molecule has 0 aromatic heterocycles. The van der Waals surface area contributed by atoms with E-state index in [0.717, 1.165) is 42.5 Å². The first-order valence-corrected chi connectivity index (χ1v) is 12.5. The van der Waals surface area contributed by atoms with Crippen LogP contribution in [0.15, 0.2) is 66.7 Å². The van der Waals surface area contributed by atoms with Crippen molar-refractivity contribution in [3.05, 3.63) is 72.3 Å². The van der Waals surface area contributed by atoms with Crippen LogP contribution in [0, 0.1) is 5.92 Å². The number of fused-ring (bicyclic) bond motifs is 1. The van der Waals surface area contributed by atoms with Crippen molar-refractivity contribution in [2.24, 2.45) is 5.92 Å². The van der Waals surface area contributed by atoms with Crippen molar-refractivity contribution in [1.82, 2.24) is 0 Å². The van der Waals surface area contributed by atoms with E-state index in [9.17, 15) is 9.59 Å². The molecule has 0 spiro atoms. The lowest BCUT2D eigenvalue weighted by Crippen LogP contribution is -2.40. The van der Waals surface area contributed by atoms with Gasteiger partial charge in [-0.25, -0.2) is 4.79 Å². The predicted octanol–water partition coefficient (Wildman–Crippen LogP) is 6.12. The van der Waals surface area contributed by atoms with Crippen LogP contribution in [0.1, 0.15) is 43.6 Å². The van der Waals surface area contributed by atoms with Crippen molar-refractivity contribution in [2.75, 3.05) is 29.1 Å². The molecule has 2 aliphatic rings. The predicted molar refractivity (Wildman–Crippen MR) is 142 cm³/mol. The van der Waals surface area contributed by atoms with Gasteiger partial charge in [-0.2, -0.15) is 0 Å². The van der Waals surface area contributed by atoms with Gasteiger partial charge in [0.2, 0.25) is 0 Å². The Morgan fingerprint density at radius 1 is 0.972 bits per heavy atom. The van der Waals surface area contributed by atoms with Gasteiger partial charge >= 0.3 is 12.0 Å². The third-order valence-electron chi connectivity index (χ3n) is 7.30. The highest BCUT2D eigenvalue weighted by molar-refractivity contribution is 6.04. The minimum Gasteiger partial charge on any atom is -0.490 e. The fraction of sp³-hybridized carbons (Fsp3) is 0.310. The summed E-state index contributed by atoms with van der Waals surface area (Å²) >= 11 is 0. The summed E-state index contributed by atoms with van der Waals surface area (Å²) in [5.41, 5.74) is 11.2. The van der Waals surface area contributed by atoms with Crippen molar-refractivity contribution in [2.45, 2.75) is 38.0 Å². The molecule has 5 rings (SSSR count). The van der Waals surface area contributed by atoms with Crippen molar-refractivity contribution in [3.63, 3.8) is 0 Å². The first-order chi connectivity index (χ1) is 17.5. The summed E-state index contributed by atoms with van der Waals surface area (Å²) in [4.78, 5) is 25.6. The number of nitrogen functional groups attached to an aromatic ring is 1. The Kier molecular flexibility index (Phi) is 6.80.